The van der Waals surface area contributed by atoms with Crippen LogP contribution in [0.4, 0.5) is 0 Å². The molecular formula is C98H84Ir4N8-8. The Morgan fingerprint density at radius 2 is 0.400 bits per heavy atom. The van der Waals surface area contributed by atoms with Gasteiger partial charge in [-0.1, -0.05) is 146 Å². The number of aryl methyl sites for hydroxylation is 10. The second-order valence-corrected chi connectivity index (χ2v) is 25.0. The van der Waals surface area contributed by atoms with Gasteiger partial charge in [0, 0.05) is 130 Å². The first-order valence-corrected chi connectivity index (χ1v) is 34.9. The Balaban J connectivity index is 0.000000224. The average Bonchev–Trinajstić information content (AvgIpc) is 0.888. The molecule has 0 aliphatic rings. The van der Waals surface area contributed by atoms with E-state index < -0.39 is 0 Å². The Kier molecular flexibility index (Phi) is 40.6. The van der Waals surface area contributed by atoms with E-state index in [9.17, 15) is 0 Å². The first-order valence-electron chi connectivity index (χ1n) is 34.9. The number of aromatic nitrogens is 8. The van der Waals surface area contributed by atoms with Crippen molar-refractivity contribution < 1.29 is 80.4 Å². The predicted molar refractivity (Wildman–Crippen MR) is 435 cm³/mol. The van der Waals surface area contributed by atoms with Crippen molar-refractivity contribution in [3.63, 3.8) is 0 Å². The van der Waals surface area contributed by atoms with Crippen LogP contribution >= 0.6 is 0 Å². The van der Waals surface area contributed by atoms with Crippen LogP contribution in [0.15, 0.2) is 329 Å². The molecule has 4 radical (unpaired) electrons. The third kappa shape index (κ3) is 31.6. The van der Waals surface area contributed by atoms with Gasteiger partial charge in [0.05, 0.1) is 0 Å². The van der Waals surface area contributed by atoms with Gasteiger partial charge in [-0.05, 0) is 113 Å². The molecule has 0 fully saturated rings. The van der Waals surface area contributed by atoms with Crippen molar-refractivity contribution in [1.82, 2.24) is 39.9 Å². The minimum absolute atomic E-state index is 0. The zero-order chi connectivity index (χ0) is 74.5. The fourth-order valence-corrected chi connectivity index (χ4v) is 10.0. The Hall–Kier alpha value is -10.4. The fraction of sp³-hybridized carbons (Fsp3) is 0.102. The predicted octanol–water partition coefficient (Wildman–Crippen LogP) is 23.5. The van der Waals surface area contributed by atoms with Gasteiger partial charge in [0.25, 0.3) is 0 Å². The SMILES string of the molecule is Cc1c[c-]c(-c2ccccn2)cc1.Cc1c[c-]c(-c2ccccn2)cc1.Cc1cc[c-]c(-c2ccccn2)c1.Cc1cc[c-]c(-c2ccccn2)c1.Cc1cc[c-]c(-c2ccccn2)c1.Cc1ccc(-c2[c-]ccc(C)c2)nc1.Cc1ccc(-c2[c-]ccc(C)c2)nc1.Cc1ccc(-c2[c-]cccc2)nc1.[Ir].[Ir].[Ir].[Ir]. The van der Waals surface area contributed by atoms with E-state index in [1.165, 1.54) is 55.6 Å². The minimum Gasteiger partial charge on any atom is -0.305 e. The van der Waals surface area contributed by atoms with E-state index in [1.54, 1.807) is 31.0 Å². The molecule has 0 spiro atoms. The van der Waals surface area contributed by atoms with Gasteiger partial charge in [0.1, 0.15) is 0 Å². The Bertz CT molecular complexity index is 4700. The van der Waals surface area contributed by atoms with E-state index in [-0.39, 0.29) is 80.4 Å². The van der Waals surface area contributed by atoms with Crippen LogP contribution < -0.4 is 0 Å². The molecule has 8 heterocycles. The molecule has 560 valence electrons. The molecule has 12 heteroatoms. The second kappa shape index (κ2) is 49.6. The van der Waals surface area contributed by atoms with E-state index in [0.717, 1.165) is 90.1 Å². The molecule has 8 aromatic carbocycles. The van der Waals surface area contributed by atoms with Crippen molar-refractivity contribution in [2.75, 3.05) is 0 Å². The molecule has 0 unspecified atom stereocenters. The van der Waals surface area contributed by atoms with Crippen molar-refractivity contribution in [1.29, 1.82) is 0 Å². The molecule has 8 nitrogen and oxygen atoms in total. The summed E-state index contributed by atoms with van der Waals surface area (Å²) in [5.41, 5.74) is 28.4. The first kappa shape index (κ1) is 90.2. The van der Waals surface area contributed by atoms with Crippen molar-refractivity contribution in [2.24, 2.45) is 0 Å². The monoisotopic (exact) mass is 2140 g/mol. The molecular weight excluding hydrogens is 2060 g/mol. The number of hydrogen-bond donors (Lipinski definition) is 0. The maximum Gasteiger partial charge on any atom is 0.0190 e. The van der Waals surface area contributed by atoms with Crippen LogP contribution in [0.1, 0.15) is 55.6 Å². The van der Waals surface area contributed by atoms with Gasteiger partial charge in [0.15, 0.2) is 0 Å². The minimum atomic E-state index is 0. The number of nitrogens with zero attached hydrogens (tertiary/aromatic N) is 8. The largest absolute Gasteiger partial charge is 0.305 e. The van der Waals surface area contributed by atoms with Gasteiger partial charge in [-0.2, -0.15) is 0 Å². The summed E-state index contributed by atoms with van der Waals surface area (Å²) >= 11 is 0. The first-order chi connectivity index (χ1) is 51.7. The molecule has 0 saturated carbocycles. The molecule has 16 rings (SSSR count). The van der Waals surface area contributed by atoms with Crippen LogP contribution in [0.3, 0.4) is 0 Å². The fourth-order valence-electron chi connectivity index (χ4n) is 10.0. The molecule has 0 saturated heterocycles. The van der Waals surface area contributed by atoms with Crippen molar-refractivity contribution in [3.05, 3.63) is 433 Å². The molecule has 0 aliphatic heterocycles. The van der Waals surface area contributed by atoms with Gasteiger partial charge in [-0.25, -0.2) is 0 Å². The summed E-state index contributed by atoms with van der Waals surface area (Å²) in [4.78, 5) is 34.3. The van der Waals surface area contributed by atoms with Crippen LogP contribution in [-0.2, 0) is 80.4 Å². The molecule has 0 bridgehead atoms. The summed E-state index contributed by atoms with van der Waals surface area (Å²) < 4.78 is 0. The molecule has 0 atom stereocenters. The third-order valence-corrected chi connectivity index (χ3v) is 15.7. The molecule has 0 amide bonds. The number of benzene rings is 8. The van der Waals surface area contributed by atoms with Gasteiger partial charge in [0.2, 0.25) is 0 Å². The molecule has 0 aliphatic carbocycles. The van der Waals surface area contributed by atoms with Crippen LogP contribution in [0.2, 0.25) is 0 Å². The quantitative estimate of drug-likeness (QED) is 0.139. The zero-order valence-electron chi connectivity index (χ0n) is 63.1. The van der Waals surface area contributed by atoms with Gasteiger partial charge >= 0.3 is 0 Å². The number of rotatable bonds is 8. The van der Waals surface area contributed by atoms with E-state index in [1.807, 2.05) is 258 Å². The summed E-state index contributed by atoms with van der Waals surface area (Å²) in [6.45, 7) is 20.6. The second-order valence-electron chi connectivity index (χ2n) is 25.0. The molecule has 0 N–H and O–H groups in total. The van der Waals surface area contributed by atoms with Crippen LogP contribution in [0.25, 0.3) is 90.1 Å². The molecule has 16 aromatic rings. The van der Waals surface area contributed by atoms with Crippen molar-refractivity contribution >= 4 is 0 Å². The number of pyridine rings is 8. The molecule has 110 heavy (non-hydrogen) atoms. The smallest absolute Gasteiger partial charge is 0.0190 e. The molecule has 8 aromatic heterocycles. The summed E-state index contributed by atoms with van der Waals surface area (Å²) in [6.07, 6.45) is 14.6. The Morgan fingerprint density at radius 1 is 0.173 bits per heavy atom. The van der Waals surface area contributed by atoms with Gasteiger partial charge < -0.3 is 39.9 Å². The van der Waals surface area contributed by atoms with Crippen LogP contribution in [-0.4, -0.2) is 39.9 Å². The van der Waals surface area contributed by atoms with E-state index >= 15 is 0 Å². The zero-order valence-corrected chi connectivity index (χ0v) is 72.7. The summed E-state index contributed by atoms with van der Waals surface area (Å²) in [5.74, 6) is 0. The van der Waals surface area contributed by atoms with E-state index in [4.69, 9.17) is 0 Å². The maximum absolute atomic E-state index is 4.36. The van der Waals surface area contributed by atoms with Gasteiger partial charge in [-0.15, -0.1) is 284 Å². The maximum atomic E-state index is 4.36. The van der Waals surface area contributed by atoms with Crippen molar-refractivity contribution in [2.45, 2.75) is 69.2 Å². The summed E-state index contributed by atoms with van der Waals surface area (Å²) in [5, 5.41) is 0. The normalized spacial score (nSPS) is 9.62. The summed E-state index contributed by atoms with van der Waals surface area (Å²) in [6, 6.07) is 117. The summed E-state index contributed by atoms with van der Waals surface area (Å²) in [7, 11) is 0. The van der Waals surface area contributed by atoms with Crippen LogP contribution in [0.5, 0.6) is 0 Å². The van der Waals surface area contributed by atoms with Crippen molar-refractivity contribution in [3.8, 4) is 90.1 Å². The number of hydrogen-bond acceptors (Lipinski definition) is 8. The van der Waals surface area contributed by atoms with Crippen LogP contribution in [0, 0.1) is 118 Å². The topological polar surface area (TPSA) is 103 Å². The van der Waals surface area contributed by atoms with E-state index in [0.29, 0.717) is 0 Å². The Morgan fingerprint density at radius 3 is 0.609 bits per heavy atom. The third-order valence-electron chi connectivity index (χ3n) is 15.7. The van der Waals surface area contributed by atoms with E-state index in [2.05, 4.69) is 198 Å². The standard InChI is InChI=1S/2C13H12N.6C12H10N.4Ir/c2*1-10-4-3-5-12(8-10)13-7-6-11(2)9-14-13;3*1-10-5-4-6-11(9-10)12-7-2-3-8-13-12;2*1-10-5-7-11(8-6-10)12-4-2-3-9-13-12;1-10-7-8-12(13-9-10)11-5-3-2-4-6-11;;;;/h2*3-4,6-9H,1-2H3;3*2-5,7-9H,1H3;2*2-7,9H,1H3;2-5,7-9H,1H3;;;;/q8*-1;;;;. The van der Waals surface area contributed by atoms with Gasteiger partial charge in [-0.3, -0.25) is 0 Å². The average molecular weight is 2140 g/mol. The Labute approximate surface area is 706 Å².